The molecule has 1 aromatic carbocycles. The van der Waals surface area contributed by atoms with Crippen molar-refractivity contribution < 1.29 is 22.7 Å². The van der Waals surface area contributed by atoms with Crippen LogP contribution >= 0.6 is 11.6 Å². The van der Waals surface area contributed by atoms with Crippen LogP contribution in [-0.4, -0.2) is 51.5 Å². The number of methoxy groups -OCH3 is 2. The normalized spacial score (nSPS) is 23.6. The molecule has 1 aliphatic heterocycles. The molecule has 0 radical (unpaired) electrons. The number of nitrogens with one attached hydrogen (secondary N) is 1. The Morgan fingerprint density at radius 3 is 2.43 bits per heavy atom. The smallest absolute Gasteiger partial charge is 0.251 e. The highest BCUT2D eigenvalue weighted by Gasteiger charge is 2.37. The molecule has 0 spiro atoms. The second-order valence-electron chi connectivity index (χ2n) is 4.74. The third kappa shape index (κ3) is 3.59. The molecule has 1 aliphatic rings. The lowest BCUT2D eigenvalue weighted by Gasteiger charge is -2.15. The van der Waals surface area contributed by atoms with Crippen LogP contribution in [0.2, 0.25) is 0 Å². The van der Waals surface area contributed by atoms with Crippen LogP contribution in [0.3, 0.4) is 0 Å². The molecule has 0 aliphatic carbocycles. The third-order valence-electron chi connectivity index (χ3n) is 3.25. The molecule has 21 heavy (non-hydrogen) atoms. The molecular formula is C13H16ClNO5S. The van der Waals surface area contributed by atoms with Crippen molar-refractivity contribution in [1.82, 2.24) is 5.32 Å². The van der Waals surface area contributed by atoms with Crippen molar-refractivity contribution in [2.45, 2.75) is 11.4 Å². The van der Waals surface area contributed by atoms with E-state index in [1.165, 1.54) is 20.3 Å². The van der Waals surface area contributed by atoms with E-state index in [4.69, 9.17) is 21.1 Å². The maximum atomic E-state index is 12.2. The van der Waals surface area contributed by atoms with Crippen molar-refractivity contribution in [2.24, 2.45) is 0 Å². The Morgan fingerprint density at radius 1 is 1.24 bits per heavy atom. The van der Waals surface area contributed by atoms with E-state index in [0.29, 0.717) is 17.1 Å². The highest BCUT2D eigenvalue weighted by molar-refractivity contribution is 7.91. The van der Waals surface area contributed by atoms with Crippen LogP contribution in [0.5, 0.6) is 11.5 Å². The third-order valence-corrected chi connectivity index (χ3v) is 5.62. The van der Waals surface area contributed by atoms with Gasteiger partial charge in [0.15, 0.2) is 21.3 Å². The number of hydrogen-bond donors (Lipinski definition) is 1. The van der Waals surface area contributed by atoms with Gasteiger partial charge in [-0.2, -0.15) is 0 Å². The summed E-state index contributed by atoms with van der Waals surface area (Å²) in [7, 11) is -0.218. The first-order chi connectivity index (χ1) is 9.86. The van der Waals surface area contributed by atoms with E-state index in [1.54, 1.807) is 12.1 Å². The number of carbonyl (C=O) groups is 1. The number of hydrogen-bond acceptors (Lipinski definition) is 5. The van der Waals surface area contributed by atoms with E-state index >= 15 is 0 Å². The first-order valence-corrected chi connectivity index (χ1v) is 8.49. The largest absolute Gasteiger partial charge is 0.493 e. The van der Waals surface area contributed by atoms with Crippen LogP contribution in [0, 0.1) is 0 Å². The average molecular weight is 334 g/mol. The van der Waals surface area contributed by atoms with Crippen molar-refractivity contribution in [3.63, 3.8) is 0 Å². The van der Waals surface area contributed by atoms with Crippen LogP contribution < -0.4 is 14.8 Å². The molecule has 1 aromatic rings. The van der Waals surface area contributed by atoms with Gasteiger partial charge in [0.05, 0.1) is 37.1 Å². The molecule has 8 heteroatoms. The van der Waals surface area contributed by atoms with E-state index in [9.17, 15) is 13.2 Å². The fourth-order valence-corrected chi connectivity index (χ4v) is 4.72. The fourth-order valence-electron chi connectivity index (χ4n) is 2.17. The van der Waals surface area contributed by atoms with Crippen LogP contribution in [0.15, 0.2) is 18.2 Å². The molecule has 0 aromatic heterocycles. The number of amides is 1. The first-order valence-electron chi connectivity index (χ1n) is 6.23. The topological polar surface area (TPSA) is 81.7 Å². The SMILES string of the molecule is COc1ccc(C(=O)N[C@H]2CS(=O)(=O)C[C@@H]2Cl)cc1OC. The Kier molecular flexibility index (Phi) is 4.63. The summed E-state index contributed by atoms with van der Waals surface area (Å²) in [6, 6.07) is 4.12. The fraction of sp³-hybridized carbons (Fsp3) is 0.462. The van der Waals surface area contributed by atoms with Crippen LogP contribution in [0.4, 0.5) is 0 Å². The van der Waals surface area contributed by atoms with Crippen molar-refractivity contribution in [3.05, 3.63) is 23.8 Å². The molecule has 116 valence electrons. The molecule has 1 saturated heterocycles. The van der Waals surface area contributed by atoms with E-state index in [2.05, 4.69) is 5.32 Å². The first kappa shape index (κ1) is 15.9. The van der Waals surface area contributed by atoms with Crippen LogP contribution in [-0.2, 0) is 9.84 Å². The average Bonchev–Trinajstić information content (AvgIpc) is 2.70. The predicted molar refractivity (Wildman–Crippen MR) is 79.1 cm³/mol. The molecule has 1 heterocycles. The Labute approximate surface area is 128 Å². The number of ether oxygens (including phenoxy) is 2. The van der Waals surface area contributed by atoms with Crippen molar-refractivity contribution in [2.75, 3.05) is 25.7 Å². The summed E-state index contributed by atoms with van der Waals surface area (Å²) in [5, 5.41) is 2.03. The number of carbonyl (C=O) groups excluding carboxylic acids is 1. The van der Waals surface area contributed by atoms with Crippen molar-refractivity contribution in [3.8, 4) is 11.5 Å². The van der Waals surface area contributed by atoms with Gasteiger partial charge in [0, 0.05) is 5.56 Å². The molecule has 2 rings (SSSR count). The molecule has 6 nitrogen and oxygen atoms in total. The van der Waals surface area contributed by atoms with Gasteiger partial charge >= 0.3 is 0 Å². The summed E-state index contributed by atoms with van der Waals surface area (Å²) in [5.41, 5.74) is 0.348. The monoisotopic (exact) mass is 333 g/mol. The summed E-state index contributed by atoms with van der Waals surface area (Å²) in [6.07, 6.45) is 0. The molecule has 2 atom stereocenters. The highest BCUT2D eigenvalue weighted by Crippen LogP contribution is 2.27. The van der Waals surface area contributed by atoms with Crippen LogP contribution in [0.1, 0.15) is 10.4 Å². The van der Waals surface area contributed by atoms with Crippen LogP contribution in [0.25, 0.3) is 0 Å². The van der Waals surface area contributed by atoms with Gasteiger partial charge in [-0.15, -0.1) is 11.6 Å². The van der Waals surface area contributed by atoms with Crippen molar-refractivity contribution in [1.29, 1.82) is 0 Å². The lowest BCUT2D eigenvalue weighted by atomic mass is 10.1. The number of halogens is 1. The van der Waals surface area contributed by atoms with E-state index < -0.39 is 27.2 Å². The molecule has 1 fully saturated rings. The van der Waals surface area contributed by atoms with Crippen molar-refractivity contribution >= 4 is 27.3 Å². The second kappa shape index (κ2) is 6.11. The number of rotatable bonds is 4. The van der Waals surface area contributed by atoms with Gasteiger partial charge in [-0.05, 0) is 18.2 Å². The summed E-state index contributed by atoms with van der Waals surface area (Å²) < 4.78 is 33.2. The quantitative estimate of drug-likeness (QED) is 0.826. The van der Waals surface area contributed by atoms with E-state index in [-0.39, 0.29) is 11.5 Å². The minimum atomic E-state index is -3.19. The van der Waals surface area contributed by atoms with Gasteiger partial charge in [0.25, 0.3) is 5.91 Å². The van der Waals surface area contributed by atoms with E-state index in [0.717, 1.165) is 0 Å². The van der Waals surface area contributed by atoms with Gasteiger partial charge in [-0.3, -0.25) is 4.79 Å². The minimum absolute atomic E-state index is 0.120. The predicted octanol–water partition coefficient (Wildman–Crippen LogP) is 0.838. The summed E-state index contributed by atoms with van der Waals surface area (Å²) in [6.45, 7) is 0. The van der Waals surface area contributed by atoms with Gasteiger partial charge in [0.1, 0.15) is 0 Å². The lowest BCUT2D eigenvalue weighted by molar-refractivity contribution is 0.0941. The molecule has 1 N–H and O–H groups in total. The molecule has 0 saturated carbocycles. The zero-order valence-corrected chi connectivity index (χ0v) is 13.2. The maximum Gasteiger partial charge on any atom is 0.251 e. The number of benzene rings is 1. The Morgan fingerprint density at radius 2 is 1.90 bits per heavy atom. The Hall–Kier alpha value is -1.47. The van der Waals surface area contributed by atoms with Gasteiger partial charge < -0.3 is 14.8 Å². The van der Waals surface area contributed by atoms with Gasteiger partial charge in [0.2, 0.25) is 0 Å². The number of alkyl halides is 1. The molecule has 0 bridgehead atoms. The Balaban J connectivity index is 2.14. The maximum absolute atomic E-state index is 12.2. The summed E-state index contributed by atoms with van der Waals surface area (Å²) >= 11 is 5.96. The standard InChI is InChI=1S/C13H16ClNO5S/c1-19-11-4-3-8(5-12(11)20-2)13(16)15-10-7-21(17,18)6-9(10)14/h3-5,9-10H,6-7H2,1-2H3,(H,15,16)/t9-,10-/m0/s1. The lowest BCUT2D eigenvalue weighted by Crippen LogP contribution is -2.40. The molecule has 1 amide bonds. The number of sulfone groups is 1. The van der Waals surface area contributed by atoms with Gasteiger partial charge in [-0.25, -0.2) is 8.42 Å². The minimum Gasteiger partial charge on any atom is -0.493 e. The zero-order valence-electron chi connectivity index (χ0n) is 11.6. The zero-order chi connectivity index (χ0) is 15.6. The van der Waals surface area contributed by atoms with Gasteiger partial charge in [-0.1, -0.05) is 0 Å². The molecule has 0 unspecified atom stereocenters. The van der Waals surface area contributed by atoms with E-state index in [1.807, 2.05) is 0 Å². The molecular weight excluding hydrogens is 318 g/mol. The second-order valence-corrected chi connectivity index (χ2v) is 7.46. The highest BCUT2D eigenvalue weighted by atomic mass is 35.5. The summed E-state index contributed by atoms with van der Waals surface area (Å²) in [5.74, 6) is 0.272. The Bertz CT molecular complexity index is 646. The summed E-state index contributed by atoms with van der Waals surface area (Å²) in [4.78, 5) is 12.2.